The van der Waals surface area contributed by atoms with Gasteiger partial charge in [-0.25, -0.2) is 0 Å². The molecule has 2 rings (SSSR count). The number of nitrogens with two attached hydrogens (primary N) is 1. The van der Waals surface area contributed by atoms with Crippen LogP contribution in [0.4, 0.5) is 5.69 Å². The van der Waals surface area contributed by atoms with Gasteiger partial charge in [-0.2, -0.15) is 0 Å². The number of hydrogen-bond acceptors (Lipinski definition) is 3. The van der Waals surface area contributed by atoms with E-state index in [9.17, 15) is 0 Å². The molecule has 2 nitrogen and oxygen atoms in total. The Morgan fingerprint density at radius 2 is 2.21 bits per heavy atom. The highest BCUT2D eigenvalue weighted by molar-refractivity contribution is 7.19. The van der Waals surface area contributed by atoms with Gasteiger partial charge in [0.1, 0.15) is 5.69 Å². The predicted octanol–water partition coefficient (Wildman–Crippen LogP) is 3.35. The van der Waals surface area contributed by atoms with Crippen LogP contribution in [0.2, 0.25) is 4.34 Å². The first-order valence-electron chi connectivity index (χ1n) is 4.14. The van der Waals surface area contributed by atoms with Gasteiger partial charge in [0.2, 0.25) is 0 Å². The molecule has 0 spiro atoms. The first kappa shape index (κ1) is 9.49. The highest BCUT2D eigenvalue weighted by atomic mass is 35.5. The Bertz CT molecular complexity index is 465. The summed E-state index contributed by atoms with van der Waals surface area (Å²) in [6.45, 7) is 1.97. The van der Waals surface area contributed by atoms with Crippen LogP contribution in [0.25, 0.3) is 10.6 Å². The second-order valence-electron chi connectivity index (χ2n) is 3.05. The third-order valence-electron chi connectivity index (χ3n) is 1.86. The van der Waals surface area contributed by atoms with E-state index >= 15 is 0 Å². The molecular formula is C10H9ClN2S. The Morgan fingerprint density at radius 3 is 2.79 bits per heavy atom. The highest BCUT2D eigenvalue weighted by Gasteiger charge is 2.06. The molecule has 4 heteroatoms. The number of aryl methyl sites for hydroxylation is 1. The molecule has 0 aromatic carbocycles. The van der Waals surface area contributed by atoms with E-state index in [1.54, 1.807) is 6.20 Å². The van der Waals surface area contributed by atoms with Crippen LogP contribution < -0.4 is 5.73 Å². The van der Waals surface area contributed by atoms with Crippen molar-refractivity contribution in [3.05, 3.63) is 34.3 Å². The number of nitrogen functional groups attached to an aromatic ring is 1. The number of rotatable bonds is 1. The Kier molecular flexibility index (Phi) is 2.44. The van der Waals surface area contributed by atoms with Gasteiger partial charge in [0.15, 0.2) is 0 Å². The van der Waals surface area contributed by atoms with Gasteiger partial charge in [-0.15, -0.1) is 11.3 Å². The maximum absolute atomic E-state index is 5.86. The molecule has 0 aliphatic carbocycles. The molecule has 14 heavy (non-hydrogen) atoms. The van der Waals surface area contributed by atoms with Crippen LogP contribution in [0, 0.1) is 6.92 Å². The number of halogens is 1. The molecule has 0 saturated carbocycles. The first-order chi connectivity index (χ1) is 6.66. The largest absolute Gasteiger partial charge is 0.397 e. The summed E-state index contributed by atoms with van der Waals surface area (Å²) in [5.41, 5.74) is 8.44. The average molecular weight is 225 g/mol. The second kappa shape index (κ2) is 3.59. The lowest BCUT2D eigenvalue weighted by molar-refractivity contribution is 1.28. The van der Waals surface area contributed by atoms with Crippen molar-refractivity contribution >= 4 is 28.6 Å². The highest BCUT2D eigenvalue weighted by Crippen LogP contribution is 2.32. The molecule has 0 aliphatic rings. The summed E-state index contributed by atoms with van der Waals surface area (Å²) in [6.07, 6.45) is 1.80. The molecule has 2 aromatic heterocycles. The van der Waals surface area contributed by atoms with Crippen LogP contribution in [-0.2, 0) is 0 Å². The summed E-state index contributed by atoms with van der Waals surface area (Å²) in [6, 6.07) is 5.69. The SMILES string of the molecule is Cc1cnc(-c2ccc(Cl)s2)c(N)c1. The first-order valence-corrected chi connectivity index (χ1v) is 5.34. The summed E-state index contributed by atoms with van der Waals surface area (Å²) in [7, 11) is 0. The summed E-state index contributed by atoms with van der Waals surface area (Å²) in [5.74, 6) is 0. The Labute approximate surface area is 91.4 Å². The fourth-order valence-corrected chi connectivity index (χ4v) is 2.30. The number of thiophene rings is 1. The molecule has 2 N–H and O–H groups in total. The predicted molar refractivity (Wildman–Crippen MR) is 61.7 cm³/mol. The maximum Gasteiger partial charge on any atom is 0.103 e. The van der Waals surface area contributed by atoms with E-state index in [-0.39, 0.29) is 0 Å². The normalized spacial score (nSPS) is 10.4. The number of hydrogen-bond donors (Lipinski definition) is 1. The lowest BCUT2D eigenvalue weighted by Crippen LogP contribution is -1.92. The van der Waals surface area contributed by atoms with Crippen LogP contribution >= 0.6 is 22.9 Å². The molecule has 0 atom stereocenters. The molecular weight excluding hydrogens is 216 g/mol. The van der Waals surface area contributed by atoms with E-state index < -0.39 is 0 Å². The van der Waals surface area contributed by atoms with Gasteiger partial charge in [-0.3, -0.25) is 4.98 Å². The van der Waals surface area contributed by atoms with Gasteiger partial charge in [-0.05, 0) is 30.7 Å². The molecule has 0 saturated heterocycles. The molecule has 0 amide bonds. The maximum atomic E-state index is 5.86. The quantitative estimate of drug-likeness (QED) is 0.807. The minimum absolute atomic E-state index is 0.698. The van der Waals surface area contributed by atoms with Crippen molar-refractivity contribution < 1.29 is 0 Å². The molecule has 0 unspecified atom stereocenters. The fraction of sp³-hybridized carbons (Fsp3) is 0.100. The van der Waals surface area contributed by atoms with Crippen molar-refractivity contribution in [3.63, 3.8) is 0 Å². The zero-order valence-corrected chi connectivity index (χ0v) is 9.19. The minimum atomic E-state index is 0.698. The van der Waals surface area contributed by atoms with Gasteiger partial charge < -0.3 is 5.73 Å². The Hall–Kier alpha value is -1.06. The van der Waals surface area contributed by atoms with E-state index in [4.69, 9.17) is 17.3 Å². The molecule has 0 radical (unpaired) electrons. The van der Waals surface area contributed by atoms with Crippen LogP contribution in [0.5, 0.6) is 0 Å². The number of pyridine rings is 1. The van der Waals surface area contributed by atoms with E-state index in [1.165, 1.54) is 11.3 Å². The molecule has 2 aromatic rings. The third kappa shape index (κ3) is 1.74. The number of anilines is 1. The van der Waals surface area contributed by atoms with Crippen molar-refractivity contribution in [2.45, 2.75) is 6.92 Å². The van der Waals surface area contributed by atoms with Gasteiger partial charge in [0, 0.05) is 6.20 Å². The van der Waals surface area contributed by atoms with Crippen LogP contribution in [0.3, 0.4) is 0 Å². The minimum Gasteiger partial charge on any atom is -0.397 e. The zero-order valence-electron chi connectivity index (χ0n) is 7.62. The number of nitrogens with zero attached hydrogens (tertiary/aromatic N) is 1. The van der Waals surface area contributed by atoms with Crippen LogP contribution in [-0.4, -0.2) is 4.98 Å². The zero-order chi connectivity index (χ0) is 10.1. The average Bonchev–Trinajstić information content (AvgIpc) is 2.51. The van der Waals surface area contributed by atoms with Crippen molar-refractivity contribution in [1.29, 1.82) is 0 Å². The Balaban J connectivity index is 2.52. The molecule has 72 valence electrons. The molecule has 0 fully saturated rings. The fourth-order valence-electron chi connectivity index (χ4n) is 1.24. The van der Waals surface area contributed by atoms with Gasteiger partial charge >= 0.3 is 0 Å². The van der Waals surface area contributed by atoms with Crippen LogP contribution in [0.1, 0.15) is 5.56 Å². The lowest BCUT2D eigenvalue weighted by Gasteiger charge is -2.02. The Morgan fingerprint density at radius 1 is 1.43 bits per heavy atom. The number of aromatic nitrogens is 1. The van der Waals surface area contributed by atoms with E-state index in [2.05, 4.69) is 4.98 Å². The van der Waals surface area contributed by atoms with Crippen molar-refractivity contribution in [2.24, 2.45) is 0 Å². The van der Waals surface area contributed by atoms with Gasteiger partial charge in [0.05, 0.1) is 14.9 Å². The summed E-state index contributed by atoms with van der Waals surface area (Å²) >= 11 is 7.33. The van der Waals surface area contributed by atoms with Gasteiger partial charge in [0.25, 0.3) is 0 Å². The van der Waals surface area contributed by atoms with Crippen molar-refractivity contribution in [1.82, 2.24) is 4.98 Å². The molecule has 0 aliphatic heterocycles. The van der Waals surface area contributed by atoms with Crippen molar-refractivity contribution in [2.75, 3.05) is 5.73 Å². The third-order valence-corrected chi connectivity index (χ3v) is 3.10. The lowest BCUT2D eigenvalue weighted by atomic mass is 10.2. The second-order valence-corrected chi connectivity index (χ2v) is 4.77. The van der Waals surface area contributed by atoms with Crippen molar-refractivity contribution in [3.8, 4) is 10.6 Å². The van der Waals surface area contributed by atoms with E-state index in [0.29, 0.717) is 5.69 Å². The monoisotopic (exact) mass is 224 g/mol. The summed E-state index contributed by atoms with van der Waals surface area (Å²) < 4.78 is 0.752. The van der Waals surface area contributed by atoms with E-state index in [1.807, 2.05) is 25.1 Å². The topological polar surface area (TPSA) is 38.9 Å². The molecule has 0 bridgehead atoms. The summed E-state index contributed by atoms with van der Waals surface area (Å²) in [4.78, 5) is 5.30. The molecule has 2 heterocycles. The van der Waals surface area contributed by atoms with Gasteiger partial charge in [-0.1, -0.05) is 11.6 Å². The summed E-state index contributed by atoms with van der Waals surface area (Å²) in [5, 5.41) is 0. The van der Waals surface area contributed by atoms with Crippen LogP contribution in [0.15, 0.2) is 24.4 Å². The standard InChI is InChI=1S/C10H9ClN2S/c1-6-4-7(12)10(13-5-6)8-2-3-9(11)14-8/h2-5H,12H2,1H3. The smallest absolute Gasteiger partial charge is 0.103 e. The van der Waals surface area contributed by atoms with E-state index in [0.717, 1.165) is 20.5 Å².